The summed E-state index contributed by atoms with van der Waals surface area (Å²) in [7, 11) is 1.67. The first kappa shape index (κ1) is 18.1. The van der Waals surface area contributed by atoms with E-state index in [-0.39, 0.29) is 18.0 Å². The van der Waals surface area contributed by atoms with Crippen molar-refractivity contribution in [1.29, 1.82) is 0 Å². The van der Waals surface area contributed by atoms with E-state index in [4.69, 9.17) is 4.42 Å². The van der Waals surface area contributed by atoms with Gasteiger partial charge in [0.2, 0.25) is 0 Å². The van der Waals surface area contributed by atoms with Gasteiger partial charge in [-0.15, -0.1) is 11.3 Å². The molecule has 7 nitrogen and oxygen atoms in total. The highest BCUT2D eigenvalue weighted by Crippen LogP contribution is 2.30. The molecule has 1 amide bonds. The van der Waals surface area contributed by atoms with Crippen LogP contribution in [0.1, 0.15) is 27.0 Å². The summed E-state index contributed by atoms with van der Waals surface area (Å²) in [6.07, 6.45) is 0. The van der Waals surface area contributed by atoms with E-state index in [0.29, 0.717) is 38.1 Å². The molecule has 1 N–H and O–H groups in total. The monoisotopic (exact) mass is 394 g/mol. The number of furan rings is 1. The maximum Gasteiger partial charge on any atom is 0.266 e. The highest BCUT2D eigenvalue weighted by atomic mass is 32.1. The number of nitrogens with one attached hydrogen (secondary N) is 1. The number of nitrogens with zero attached hydrogens (tertiary/aromatic N) is 3. The van der Waals surface area contributed by atoms with Gasteiger partial charge < -0.3 is 14.3 Å². The fourth-order valence-electron chi connectivity index (χ4n) is 2.93. The van der Waals surface area contributed by atoms with E-state index in [1.54, 1.807) is 32.2 Å². The van der Waals surface area contributed by atoms with Crippen molar-refractivity contribution in [3.63, 3.8) is 0 Å². The Morgan fingerprint density at radius 2 is 1.96 bits per heavy atom. The lowest BCUT2D eigenvalue weighted by Gasteiger charge is -2.16. The third-order valence-electron chi connectivity index (χ3n) is 4.34. The smallest absolute Gasteiger partial charge is 0.266 e. The van der Waals surface area contributed by atoms with E-state index in [9.17, 15) is 9.59 Å². The first-order valence-corrected chi connectivity index (χ1v) is 9.51. The van der Waals surface area contributed by atoms with Gasteiger partial charge in [-0.2, -0.15) is 0 Å². The molecule has 142 valence electrons. The Morgan fingerprint density at radius 3 is 2.71 bits per heavy atom. The van der Waals surface area contributed by atoms with Crippen LogP contribution in [0.4, 0.5) is 0 Å². The van der Waals surface area contributed by atoms with Crippen molar-refractivity contribution in [2.75, 3.05) is 7.05 Å². The second-order valence-electron chi connectivity index (χ2n) is 6.53. The van der Waals surface area contributed by atoms with Crippen LogP contribution in [0, 0.1) is 13.8 Å². The van der Waals surface area contributed by atoms with Crippen LogP contribution >= 0.6 is 11.3 Å². The SMILES string of the molecule is Cc1ccc(-c2nc(C)c(C(=O)N(C)Cc3nc4ccccc4c(=O)[nH]3)s2)o1. The fraction of sp³-hybridized carbons (Fsp3) is 0.200. The largest absolute Gasteiger partial charge is 0.459 e. The first-order valence-electron chi connectivity index (χ1n) is 8.70. The minimum absolute atomic E-state index is 0.180. The zero-order valence-electron chi connectivity index (χ0n) is 15.6. The Hall–Kier alpha value is -3.26. The molecule has 0 saturated carbocycles. The molecule has 0 saturated heterocycles. The Kier molecular flexibility index (Phi) is 4.56. The molecule has 0 aliphatic rings. The van der Waals surface area contributed by atoms with Crippen molar-refractivity contribution >= 4 is 28.1 Å². The van der Waals surface area contributed by atoms with Crippen LogP contribution in [0.3, 0.4) is 0 Å². The minimum atomic E-state index is -0.217. The van der Waals surface area contributed by atoms with Crippen molar-refractivity contribution in [3.05, 3.63) is 68.9 Å². The number of para-hydroxylation sites is 1. The highest BCUT2D eigenvalue weighted by molar-refractivity contribution is 7.17. The molecule has 0 bridgehead atoms. The topological polar surface area (TPSA) is 92.1 Å². The van der Waals surface area contributed by atoms with Crippen molar-refractivity contribution in [2.45, 2.75) is 20.4 Å². The van der Waals surface area contributed by atoms with Gasteiger partial charge in [0.05, 0.1) is 23.1 Å². The number of carbonyl (C=O) groups is 1. The maximum atomic E-state index is 12.9. The quantitative estimate of drug-likeness (QED) is 0.572. The second kappa shape index (κ2) is 7.05. The summed E-state index contributed by atoms with van der Waals surface area (Å²) in [4.78, 5) is 38.9. The fourth-order valence-corrected chi connectivity index (χ4v) is 3.95. The molecule has 28 heavy (non-hydrogen) atoms. The third-order valence-corrected chi connectivity index (χ3v) is 5.50. The number of thiazole rings is 1. The maximum absolute atomic E-state index is 12.9. The number of hydrogen-bond donors (Lipinski definition) is 1. The number of aromatic amines is 1. The second-order valence-corrected chi connectivity index (χ2v) is 7.53. The number of carbonyl (C=O) groups excluding carboxylic acids is 1. The van der Waals surface area contributed by atoms with Crippen molar-refractivity contribution < 1.29 is 9.21 Å². The summed E-state index contributed by atoms with van der Waals surface area (Å²) in [6, 6.07) is 10.8. The number of amides is 1. The average Bonchev–Trinajstić information content (AvgIpc) is 3.27. The Bertz CT molecular complexity index is 1240. The molecular weight excluding hydrogens is 376 g/mol. The molecule has 4 aromatic rings. The van der Waals surface area contributed by atoms with Crippen LogP contribution in [-0.2, 0) is 6.54 Å². The van der Waals surface area contributed by atoms with Gasteiger partial charge >= 0.3 is 0 Å². The predicted octanol–water partition coefficient (Wildman–Crippen LogP) is 3.53. The summed E-state index contributed by atoms with van der Waals surface area (Å²) in [6.45, 7) is 3.85. The van der Waals surface area contributed by atoms with E-state index < -0.39 is 0 Å². The molecule has 4 rings (SSSR count). The van der Waals surface area contributed by atoms with Gasteiger partial charge in [0.25, 0.3) is 11.5 Å². The molecule has 3 heterocycles. The summed E-state index contributed by atoms with van der Waals surface area (Å²) in [5.41, 5.74) is 1.03. The normalized spacial score (nSPS) is 11.1. The van der Waals surface area contributed by atoms with Crippen LogP contribution < -0.4 is 5.56 Å². The number of aromatic nitrogens is 3. The summed E-state index contributed by atoms with van der Waals surface area (Å²) in [5, 5.41) is 1.19. The van der Waals surface area contributed by atoms with Gasteiger partial charge in [-0.05, 0) is 38.1 Å². The molecule has 0 radical (unpaired) electrons. The zero-order valence-corrected chi connectivity index (χ0v) is 16.5. The molecule has 0 aliphatic heterocycles. The van der Waals surface area contributed by atoms with E-state index in [2.05, 4.69) is 15.0 Å². The van der Waals surface area contributed by atoms with Gasteiger partial charge in [-0.1, -0.05) is 12.1 Å². The van der Waals surface area contributed by atoms with Crippen LogP contribution in [0.5, 0.6) is 0 Å². The zero-order chi connectivity index (χ0) is 19.8. The van der Waals surface area contributed by atoms with E-state index in [1.165, 1.54) is 16.2 Å². The van der Waals surface area contributed by atoms with Crippen molar-refractivity contribution in [2.24, 2.45) is 0 Å². The average molecular weight is 394 g/mol. The van der Waals surface area contributed by atoms with Gasteiger partial charge in [-0.3, -0.25) is 9.59 Å². The standard InChI is InChI=1S/C20H18N4O3S/c1-11-8-9-15(27-11)19-21-12(2)17(28-19)20(26)24(3)10-16-22-14-7-5-4-6-13(14)18(25)23-16/h4-9H,10H2,1-3H3,(H,22,23,25). The van der Waals surface area contributed by atoms with Crippen LogP contribution in [0.2, 0.25) is 0 Å². The molecule has 8 heteroatoms. The van der Waals surface area contributed by atoms with Crippen LogP contribution in [0.25, 0.3) is 21.7 Å². The molecule has 0 atom stereocenters. The highest BCUT2D eigenvalue weighted by Gasteiger charge is 2.21. The molecule has 0 aliphatic carbocycles. The lowest BCUT2D eigenvalue weighted by Crippen LogP contribution is -2.28. The Labute approximate surface area is 164 Å². The molecule has 0 spiro atoms. The minimum Gasteiger partial charge on any atom is -0.459 e. The van der Waals surface area contributed by atoms with E-state index >= 15 is 0 Å². The van der Waals surface area contributed by atoms with Gasteiger partial charge in [-0.25, -0.2) is 9.97 Å². The molecule has 3 aromatic heterocycles. The number of H-pyrrole nitrogens is 1. The third kappa shape index (κ3) is 3.34. The van der Waals surface area contributed by atoms with Gasteiger partial charge in [0.1, 0.15) is 16.5 Å². The number of aryl methyl sites for hydroxylation is 2. The Balaban J connectivity index is 1.59. The summed E-state index contributed by atoms with van der Waals surface area (Å²) in [5.74, 6) is 1.69. The molecule has 0 fully saturated rings. The Morgan fingerprint density at radius 1 is 1.18 bits per heavy atom. The summed E-state index contributed by atoms with van der Waals surface area (Å²) >= 11 is 1.29. The van der Waals surface area contributed by atoms with Crippen LogP contribution in [-0.4, -0.2) is 32.8 Å². The van der Waals surface area contributed by atoms with Crippen molar-refractivity contribution in [1.82, 2.24) is 19.9 Å². The van der Waals surface area contributed by atoms with Gasteiger partial charge in [0, 0.05) is 7.05 Å². The van der Waals surface area contributed by atoms with E-state index in [1.807, 2.05) is 25.1 Å². The summed E-state index contributed by atoms with van der Waals surface area (Å²) < 4.78 is 5.60. The molecule has 1 aromatic carbocycles. The van der Waals surface area contributed by atoms with Crippen LogP contribution in [0.15, 0.2) is 45.6 Å². The molecule has 0 unspecified atom stereocenters. The predicted molar refractivity (Wildman–Crippen MR) is 107 cm³/mol. The number of fused-ring (bicyclic) bond motifs is 1. The lowest BCUT2D eigenvalue weighted by atomic mass is 10.2. The van der Waals surface area contributed by atoms with Crippen molar-refractivity contribution in [3.8, 4) is 10.8 Å². The van der Waals surface area contributed by atoms with E-state index in [0.717, 1.165) is 5.76 Å². The number of hydrogen-bond acceptors (Lipinski definition) is 6. The number of benzene rings is 1. The first-order chi connectivity index (χ1) is 13.4. The lowest BCUT2D eigenvalue weighted by molar-refractivity contribution is 0.0785. The molecular formula is C20H18N4O3S. The van der Waals surface area contributed by atoms with Gasteiger partial charge in [0.15, 0.2) is 10.8 Å². The number of rotatable bonds is 4.